The fourth-order valence-electron chi connectivity index (χ4n) is 3.82. The zero-order valence-electron chi connectivity index (χ0n) is 21.7. The van der Waals surface area contributed by atoms with E-state index in [2.05, 4.69) is 10.6 Å². The Bertz CT molecular complexity index is 1290. The third kappa shape index (κ3) is 6.34. The second kappa shape index (κ2) is 12.0. The summed E-state index contributed by atoms with van der Waals surface area (Å²) in [7, 11) is 3.17. The maximum Gasteiger partial charge on any atom is 0.265 e. The zero-order chi connectivity index (χ0) is 27.1. The van der Waals surface area contributed by atoms with Crippen LogP contribution in [0.5, 0.6) is 23.0 Å². The Morgan fingerprint density at radius 2 is 0.895 bits per heavy atom. The smallest absolute Gasteiger partial charge is 0.265 e. The molecule has 4 aromatic rings. The molecule has 0 aliphatic heterocycles. The van der Waals surface area contributed by atoms with Crippen LogP contribution in [0, 0.1) is 0 Å². The average molecular weight is 515 g/mol. The van der Waals surface area contributed by atoms with Gasteiger partial charge < -0.3 is 29.6 Å². The molecule has 38 heavy (non-hydrogen) atoms. The molecule has 0 saturated heterocycles. The van der Waals surface area contributed by atoms with Crippen LogP contribution >= 0.6 is 0 Å². The molecule has 4 rings (SSSR count). The van der Waals surface area contributed by atoms with Crippen LogP contribution in [0.25, 0.3) is 10.8 Å². The van der Waals surface area contributed by atoms with Gasteiger partial charge in [0, 0.05) is 22.1 Å². The first-order valence-electron chi connectivity index (χ1n) is 12.1. The van der Waals surface area contributed by atoms with Gasteiger partial charge in [0.05, 0.1) is 14.2 Å². The van der Waals surface area contributed by atoms with E-state index in [1.54, 1.807) is 88.7 Å². The Morgan fingerprint density at radius 1 is 0.553 bits per heavy atom. The summed E-state index contributed by atoms with van der Waals surface area (Å²) < 4.78 is 21.9. The molecular formula is C30H30N2O6. The van der Waals surface area contributed by atoms with E-state index in [1.807, 2.05) is 24.3 Å². The van der Waals surface area contributed by atoms with Crippen molar-refractivity contribution >= 4 is 34.0 Å². The maximum atomic E-state index is 12.9. The fourth-order valence-corrected chi connectivity index (χ4v) is 3.82. The lowest BCUT2D eigenvalue weighted by molar-refractivity contribution is -0.122. The Hall–Kier alpha value is -4.72. The van der Waals surface area contributed by atoms with E-state index < -0.39 is 12.2 Å². The molecule has 0 saturated carbocycles. The second-order valence-corrected chi connectivity index (χ2v) is 8.56. The van der Waals surface area contributed by atoms with Gasteiger partial charge in [0.15, 0.2) is 12.2 Å². The molecule has 0 heterocycles. The number of anilines is 2. The molecule has 0 aromatic heterocycles. The lowest BCUT2D eigenvalue weighted by Crippen LogP contribution is -2.30. The molecule has 2 unspecified atom stereocenters. The highest BCUT2D eigenvalue weighted by Gasteiger charge is 2.19. The summed E-state index contributed by atoms with van der Waals surface area (Å²) in [6, 6.07) is 25.1. The van der Waals surface area contributed by atoms with E-state index in [1.165, 1.54) is 0 Å². The summed E-state index contributed by atoms with van der Waals surface area (Å²) in [4.78, 5) is 25.8. The predicted octanol–water partition coefficient (Wildman–Crippen LogP) is 5.67. The van der Waals surface area contributed by atoms with Gasteiger partial charge in [0.25, 0.3) is 11.8 Å². The number of fused-ring (bicyclic) bond motifs is 1. The van der Waals surface area contributed by atoms with Gasteiger partial charge in [-0.2, -0.15) is 0 Å². The van der Waals surface area contributed by atoms with Crippen LogP contribution in [0.4, 0.5) is 11.4 Å². The lowest BCUT2D eigenvalue weighted by Gasteiger charge is -2.18. The monoisotopic (exact) mass is 514 g/mol. The molecule has 4 aromatic carbocycles. The number of hydrogen-bond donors (Lipinski definition) is 2. The van der Waals surface area contributed by atoms with E-state index >= 15 is 0 Å². The van der Waals surface area contributed by atoms with Gasteiger partial charge in [-0.05, 0) is 74.5 Å². The SMILES string of the molecule is COc1ccc(OC(C)C(=O)Nc2cccc3c(NC(=O)C(C)Oc4ccc(OC)cc4)cccc23)cc1. The molecule has 0 bridgehead atoms. The van der Waals surface area contributed by atoms with Crippen LogP contribution in [0.1, 0.15) is 13.8 Å². The van der Waals surface area contributed by atoms with E-state index in [0.717, 1.165) is 10.8 Å². The number of methoxy groups -OCH3 is 2. The van der Waals surface area contributed by atoms with Crippen LogP contribution in [-0.4, -0.2) is 38.2 Å². The topological polar surface area (TPSA) is 95.1 Å². The quantitative estimate of drug-likeness (QED) is 0.283. The van der Waals surface area contributed by atoms with Gasteiger partial charge in [-0.1, -0.05) is 24.3 Å². The molecule has 0 aliphatic carbocycles. The minimum Gasteiger partial charge on any atom is -0.497 e. The highest BCUT2D eigenvalue weighted by atomic mass is 16.5. The van der Waals surface area contributed by atoms with Gasteiger partial charge >= 0.3 is 0 Å². The summed E-state index contributed by atoms with van der Waals surface area (Å²) >= 11 is 0. The van der Waals surface area contributed by atoms with Gasteiger partial charge in [-0.15, -0.1) is 0 Å². The minimum atomic E-state index is -0.738. The van der Waals surface area contributed by atoms with Crippen molar-refractivity contribution in [3.05, 3.63) is 84.9 Å². The molecule has 0 radical (unpaired) electrons. The van der Waals surface area contributed by atoms with Crippen LogP contribution in [0.15, 0.2) is 84.9 Å². The predicted molar refractivity (Wildman–Crippen MR) is 147 cm³/mol. The van der Waals surface area contributed by atoms with Crippen LogP contribution < -0.4 is 29.6 Å². The molecule has 2 atom stereocenters. The summed E-state index contributed by atoms with van der Waals surface area (Å²) in [5, 5.41) is 7.43. The molecule has 8 nitrogen and oxygen atoms in total. The van der Waals surface area contributed by atoms with E-state index in [9.17, 15) is 9.59 Å². The van der Waals surface area contributed by atoms with E-state index in [-0.39, 0.29) is 11.8 Å². The van der Waals surface area contributed by atoms with Gasteiger partial charge in [0.1, 0.15) is 23.0 Å². The standard InChI is InChI=1S/C30H30N2O6/c1-19(37-23-15-11-21(35-3)12-16-23)29(33)31-27-9-5-8-26-25(27)7-6-10-28(26)32-30(34)20(2)38-24-17-13-22(36-4)14-18-24/h5-20H,1-4H3,(H,31,33)(H,32,34). The third-order valence-electron chi connectivity index (χ3n) is 5.92. The number of carbonyl (C=O) groups excluding carboxylic acids is 2. The van der Waals surface area contributed by atoms with Crippen molar-refractivity contribution in [1.82, 2.24) is 0 Å². The number of nitrogens with one attached hydrogen (secondary N) is 2. The fraction of sp³-hybridized carbons (Fsp3) is 0.200. The van der Waals surface area contributed by atoms with Crippen molar-refractivity contribution in [3.63, 3.8) is 0 Å². The minimum absolute atomic E-state index is 0.302. The lowest BCUT2D eigenvalue weighted by atomic mass is 10.1. The van der Waals surface area contributed by atoms with E-state index in [4.69, 9.17) is 18.9 Å². The first-order chi connectivity index (χ1) is 18.4. The van der Waals surface area contributed by atoms with Gasteiger partial charge in [-0.25, -0.2) is 0 Å². The maximum absolute atomic E-state index is 12.9. The Labute approximate surface area is 221 Å². The molecule has 8 heteroatoms. The number of carbonyl (C=O) groups is 2. The summed E-state index contributed by atoms with van der Waals surface area (Å²) in [6.07, 6.45) is -1.48. The number of hydrogen-bond acceptors (Lipinski definition) is 6. The van der Waals surface area contributed by atoms with Crippen LogP contribution in [0.3, 0.4) is 0 Å². The second-order valence-electron chi connectivity index (χ2n) is 8.56. The van der Waals surface area contributed by atoms with Crippen molar-refractivity contribution in [2.24, 2.45) is 0 Å². The highest BCUT2D eigenvalue weighted by Crippen LogP contribution is 2.30. The Kier molecular flexibility index (Phi) is 8.33. The molecular weight excluding hydrogens is 484 g/mol. The Morgan fingerprint density at radius 3 is 1.24 bits per heavy atom. The zero-order valence-corrected chi connectivity index (χ0v) is 21.7. The molecule has 196 valence electrons. The number of amides is 2. The Balaban J connectivity index is 1.44. The van der Waals surface area contributed by atoms with Crippen LogP contribution in [-0.2, 0) is 9.59 Å². The van der Waals surface area contributed by atoms with Crippen molar-refractivity contribution in [3.8, 4) is 23.0 Å². The first-order valence-corrected chi connectivity index (χ1v) is 12.1. The highest BCUT2D eigenvalue weighted by molar-refractivity contribution is 6.10. The normalized spacial score (nSPS) is 12.2. The summed E-state index contributed by atoms with van der Waals surface area (Å²) in [6.45, 7) is 3.36. The van der Waals surface area contributed by atoms with Crippen molar-refractivity contribution in [2.45, 2.75) is 26.1 Å². The number of rotatable bonds is 10. The number of benzene rings is 4. The molecule has 0 fully saturated rings. The van der Waals surface area contributed by atoms with E-state index in [0.29, 0.717) is 34.4 Å². The molecule has 2 amide bonds. The van der Waals surface area contributed by atoms with Crippen molar-refractivity contribution in [2.75, 3.05) is 24.9 Å². The first kappa shape index (κ1) is 26.3. The average Bonchev–Trinajstić information content (AvgIpc) is 2.94. The number of ether oxygens (including phenoxy) is 4. The van der Waals surface area contributed by atoms with Gasteiger partial charge in [-0.3, -0.25) is 9.59 Å². The molecule has 0 aliphatic rings. The molecule has 0 spiro atoms. The third-order valence-corrected chi connectivity index (χ3v) is 5.92. The van der Waals surface area contributed by atoms with Crippen molar-refractivity contribution < 1.29 is 28.5 Å². The summed E-state index contributed by atoms with van der Waals surface area (Å²) in [5.74, 6) is 1.92. The van der Waals surface area contributed by atoms with Crippen LogP contribution in [0.2, 0.25) is 0 Å². The molecule has 2 N–H and O–H groups in total. The summed E-state index contributed by atoms with van der Waals surface area (Å²) in [5.41, 5.74) is 1.22. The largest absolute Gasteiger partial charge is 0.497 e. The van der Waals surface area contributed by atoms with Crippen molar-refractivity contribution in [1.29, 1.82) is 0 Å². The van der Waals surface area contributed by atoms with Gasteiger partial charge in [0.2, 0.25) is 0 Å².